The van der Waals surface area contributed by atoms with Crippen molar-refractivity contribution in [2.45, 2.75) is 4.90 Å². The Morgan fingerprint density at radius 3 is 2.25 bits per heavy atom. The molecule has 2 N–H and O–H groups in total. The second-order valence-electron chi connectivity index (χ2n) is 5.80. The summed E-state index contributed by atoms with van der Waals surface area (Å²) < 4.78 is 44.2. The number of sulfonamides is 1. The number of rotatable bonds is 8. The van der Waals surface area contributed by atoms with Crippen LogP contribution in [0.3, 0.4) is 0 Å². The van der Waals surface area contributed by atoms with Gasteiger partial charge >= 0.3 is 0 Å². The standard InChI is InChI=1S/C18H20FN3O5S/c1-22(12-17(23)21-14-5-7-15(27-2)8-6-14)18(24)11-20-28(25,26)16-9-3-13(19)4-10-16/h3-10,20H,11-12H2,1-2H3,(H,21,23). The molecule has 2 aromatic carbocycles. The minimum Gasteiger partial charge on any atom is -0.497 e. The van der Waals surface area contributed by atoms with Gasteiger partial charge in [0.15, 0.2) is 0 Å². The van der Waals surface area contributed by atoms with Gasteiger partial charge in [-0.2, -0.15) is 0 Å². The molecule has 0 atom stereocenters. The van der Waals surface area contributed by atoms with Crippen molar-refractivity contribution in [1.29, 1.82) is 0 Å². The third kappa shape index (κ3) is 6.03. The topological polar surface area (TPSA) is 105 Å². The molecule has 0 aromatic heterocycles. The summed E-state index contributed by atoms with van der Waals surface area (Å²) in [6.07, 6.45) is 0. The fourth-order valence-electron chi connectivity index (χ4n) is 2.17. The molecular formula is C18H20FN3O5S. The normalized spacial score (nSPS) is 11.0. The Labute approximate surface area is 162 Å². The maximum Gasteiger partial charge on any atom is 0.243 e. The molecule has 2 amide bonds. The van der Waals surface area contributed by atoms with E-state index in [-0.39, 0.29) is 11.4 Å². The van der Waals surface area contributed by atoms with E-state index >= 15 is 0 Å². The van der Waals surface area contributed by atoms with Gasteiger partial charge in [-0.3, -0.25) is 9.59 Å². The summed E-state index contributed by atoms with van der Waals surface area (Å²) in [6, 6.07) is 10.8. The first kappa shape index (κ1) is 21.3. The molecule has 0 heterocycles. The van der Waals surface area contributed by atoms with E-state index in [4.69, 9.17) is 4.74 Å². The quantitative estimate of drug-likeness (QED) is 0.682. The van der Waals surface area contributed by atoms with Crippen LogP contribution in [0.1, 0.15) is 0 Å². The molecule has 0 fully saturated rings. The molecule has 0 saturated carbocycles. The average Bonchev–Trinajstić information content (AvgIpc) is 2.67. The van der Waals surface area contributed by atoms with Crippen LogP contribution in [0.25, 0.3) is 0 Å². The number of hydrogen-bond acceptors (Lipinski definition) is 5. The highest BCUT2D eigenvalue weighted by molar-refractivity contribution is 7.89. The van der Waals surface area contributed by atoms with E-state index in [1.54, 1.807) is 24.3 Å². The zero-order valence-corrected chi connectivity index (χ0v) is 16.1. The lowest BCUT2D eigenvalue weighted by Crippen LogP contribution is -2.41. The molecule has 28 heavy (non-hydrogen) atoms. The van der Waals surface area contributed by atoms with E-state index in [1.165, 1.54) is 14.2 Å². The highest BCUT2D eigenvalue weighted by atomic mass is 32.2. The fourth-order valence-corrected chi connectivity index (χ4v) is 3.14. The maximum absolute atomic E-state index is 12.9. The Morgan fingerprint density at radius 1 is 1.07 bits per heavy atom. The van der Waals surface area contributed by atoms with E-state index in [0.717, 1.165) is 29.2 Å². The van der Waals surface area contributed by atoms with Crippen molar-refractivity contribution in [3.8, 4) is 5.75 Å². The number of nitrogens with one attached hydrogen (secondary N) is 2. The number of anilines is 1. The molecule has 150 valence electrons. The molecule has 0 bridgehead atoms. The van der Waals surface area contributed by atoms with Crippen molar-refractivity contribution >= 4 is 27.5 Å². The van der Waals surface area contributed by atoms with E-state index in [9.17, 15) is 22.4 Å². The SMILES string of the molecule is COc1ccc(NC(=O)CN(C)C(=O)CNS(=O)(=O)c2ccc(F)cc2)cc1. The van der Waals surface area contributed by atoms with E-state index in [2.05, 4.69) is 10.0 Å². The largest absolute Gasteiger partial charge is 0.497 e. The Hall–Kier alpha value is -2.98. The molecule has 8 nitrogen and oxygen atoms in total. The summed E-state index contributed by atoms with van der Waals surface area (Å²) in [5.74, 6) is -0.977. The molecular weight excluding hydrogens is 389 g/mol. The van der Waals surface area contributed by atoms with E-state index in [1.807, 2.05) is 0 Å². The van der Waals surface area contributed by atoms with Crippen LogP contribution >= 0.6 is 0 Å². The van der Waals surface area contributed by atoms with Gasteiger partial charge in [-0.1, -0.05) is 0 Å². The number of carbonyl (C=O) groups excluding carboxylic acids is 2. The highest BCUT2D eigenvalue weighted by Crippen LogP contribution is 2.15. The number of ether oxygens (including phenoxy) is 1. The first-order valence-electron chi connectivity index (χ1n) is 8.14. The third-order valence-electron chi connectivity index (χ3n) is 3.72. The molecule has 0 saturated heterocycles. The lowest BCUT2D eigenvalue weighted by Gasteiger charge is -2.17. The van der Waals surface area contributed by atoms with Crippen molar-refractivity contribution in [1.82, 2.24) is 9.62 Å². The minimum atomic E-state index is -3.97. The zero-order valence-electron chi connectivity index (χ0n) is 15.3. The number of benzene rings is 2. The van der Waals surface area contributed by atoms with Gasteiger partial charge in [0.2, 0.25) is 21.8 Å². The number of carbonyl (C=O) groups is 2. The van der Waals surface area contributed by atoms with Crippen molar-refractivity contribution in [2.75, 3.05) is 32.6 Å². The second-order valence-corrected chi connectivity index (χ2v) is 7.57. The average molecular weight is 409 g/mol. The van der Waals surface area contributed by atoms with Crippen LogP contribution in [0.4, 0.5) is 10.1 Å². The van der Waals surface area contributed by atoms with Gasteiger partial charge < -0.3 is 15.0 Å². The molecule has 0 unspecified atom stereocenters. The van der Waals surface area contributed by atoms with E-state index in [0.29, 0.717) is 11.4 Å². The van der Waals surface area contributed by atoms with Crippen LogP contribution in [0, 0.1) is 5.82 Å². The van der Waals surface area contributed by atoms with Gasteiger partial charge in [-0.15, -0.1) is 0 Å². The number of nitrogens with zero attached hydrogens (tertiary/aromatic N) is 1. The summed E-state index contributed by atoms with van der Waals surface area (Å²) in [6.45, 7) is -0.796. The van der Waals surface area contributed by atoms with Crippen LogP contribution in [0.15, 0.2) is 53.4 Å². The van der Waals surface area contributed by atoms with Gasteiger partial charge in [0.25, 0.3) is 0 Å². The molecule has 2 aromatic rings. The lowest BCUT2D eigenvalue weighted by molar-refractivity contribution is -0.132. The summed E-state index contributed by atoms with van der Waals surface area (Å²) >= 11 is 0. The summed E-state index contributed by atoms with van der Waals surface area (Å²) in [5.41, 5.74) is 0.531. The summed E-state index contributed by atoms with van der Waals surface area (Å²) in [5, 5.41) is 2.62. The number of hydrogen-bond donors (Lipinski definition) is 2. The fraction of sp³-hybridized carbons (Fsp3) is 0.222. The number of likely N-dealkylation sites (N-methyl/N-ethyl adjacent to an activating group) is 1. The van der Waals surface area contributed by atoms with E-state index < -0.39 is 34.2 Å². The predicted molar refractivity (Wildman–Crippen MR) is 101 cm³/mol. The molecule has 0 aliphatic heterocycles. The van der Waals surface area contributed by atoms with Gasteiger partial charge in [0.05, 0.1) is 25.1 Å². The smallest absolute Gasteiger partial charge is 0.243 e. The molecule has 0 aliphatic carbocycles. The maximum atomic E-state index is 12.9. The van der Waals surface area contributed by atoms with Gasteiger partial charge in [0, 0.05) is 12.7 Å². The second kappa shape index (κ2) is 9.29. The molecule has 10 heteroatoms. The number of halogens is 1. The monoisotopic (exact) mass is 409 g/mol. The first-order valence-corrected chi connectivity index (χ1v) is 9.62. The van der Waals surface area contributed by atoms with Crippen LogP contribution in [-0.4, -0.2) is 52.4 Å². The lowest BCUT2D eigenvalue weighted by atomic mass is 10.3. The summed E-state index contributed by atoms with van der Waals surface area (Å²) in [7, 11) is -1.06. The van der Waals surface area contributed by atoms with Gasteiger partial charge in [-0.05, 0) is 48.5 Å². The van der Waals surface area contributed by atoms with Crippen molar-refractivity contribution < 1.29 is 27.1 Å². The first-order chi connectivity index (χ1) is 13.2. The Kier molecular flexibility index (Phi) is 7.07. The molecule has 0 aliphatic rings. The van der Waals surface area contributed by atoms with Crippen LogP contribution in [-0.2, 0) is 19.6 Å². The molecule has 0 spiro atoms. The van der Waals surface area contributed by atoms with Crippen molar-refractivity contribution in [2.24, 2.45) is 0 Å². The predicted octanol–water partition coefficient (Wildman–Crippen LogP) is 1.21. The number of amides is 2. The van der Waals surface area contributed by atoms with Crippen LogP contribution < -0.4 is 14.8 Å². The zero-order chi connectivity index (χ0) is 20.7. The Bertz CT molecular complexity index is 931. The van der Waals surface area contributed by atoms with Crippen molar-refractivity contribution in [3.63, 3.8) is 0 Å². The summed E-state index contributed by atoms with van der Waals surface area (Å²) in [4.78, 5) is 25.0. The number of methoxy groups -OCH3 is 1. The Balaban J connectivity index is 1.86. The third-order valence-corrected chi connectivity index (χ3v) is 5.13. The van der Waals surface area contributed by atoms with Gasteiger partial charge in [-0.25, -0.2) is 17.5 Å². The Morgan fingerprint density at radius 2 is 1.68 bits per heavy atom. The molecule has 0 radical (unpaired) electrons. The van der Waals surface area contributed by atoms with Crippen molar-refractivity contribution in [3.05, 3.63) is 54.3 Å². The minimum absolute atomic E-state index is 0.165. The molecule has 2 rings (SSSR count). The highest BCUT2D eigenvalue weighted by Gasteiger charge is 2.18. The van der Waals surface area contributed by atoms with Crippen LogP contribution in [0.2, 0.25) is 0 Å². The van der Waals surface area contributed by atoms with Gasteiger partial charge in [0.1, 0.15) is 11.6 Å². The van der Waals surface area contributed by atoms with Crippen LogP contribution in [0.5, 0.6) is 5.75 Å².